The molecule has 0 saturated heterocycles. The summed E-state index contributed by atoms with van der Waals surface area (Å²) in [6.07, 6.45) is 0. The summed E-state index contributed by atoms with van der Waals surface area (Å²) in [6.45, 7) is 7.00. The van der Waals surface area contributed by atoms with Crippen LogP contribution in [-0.2, 0) is 14.8 Å². The zero-order valence-electron chi connectivity index (χ0n) is 16.3. The van der Waals surface area contributed by atoms with E-state index in [1.165, 1.54) is 12.1 Å². The van der Waals surface area contributed by atoms with E-state index in [-0.39, 0.29) is 29.5 Å². The molecule has 0 fully saturated rings. The van der Waals surface area contributed by atoms with Crippen LogP contribution in [0.2, 0.25) is 0 Å². The second kappa shape index (κ2) is 9.54. The molecule has 0 heterocycles. The zero-order chi connectivity index (χ0) is 20.9. The predicted molar refractivity (Wildman–Crippen MR) is 113 cm³/mol. The maximum absolute atomic E-state index is 12.2. The topological polar surface area (TPSA) is 84.5 Å². The van der Waals surface area contributed by atoms with Crippen molar-refractivity contribution in [3.05, 3.63) is 58.1 Å². The van der Waals surface area contributed by atoms with Gasteiger partial charge in [0, 0.05) is 10.5 Å². The molecule has 0 aliphatic carbocycles. The molecule has 0 aromatic heterocycles. The van der Waals surface area contributed by atoms with E-state index in [0.29, 0.717) is 11.3 Å². The van der Waals surface area contributed by atoms with Crippen molar-refractivity contribution in [3.63, 3.8) is 0 Å². The smallest absolute Gasteiger partial charge is 0.258 e. The second-order valence-electron chi connectivity index (χ2n) is 6.83. The summed E-state index contributed by atoms with van der Waals surface area (Å²) in [4.78, 5) is 12.3. The third-order valence-corrected chi connectivity index (χ3v) is 6.14. The monoisotopic (exact) mass is 468 g/mol. The molecular weight excluding hydrogens is 444 g/mol. The van der Waals surface area contributed by atoms with E-state index in [9.17, 15) is 13.2 Å². The summed E-state index contributed by atoms with van der Waals surface area (Å²) < 4.78 is 33.5. The van der Waals surface area contributed by atoms with Crippen molar-refractivity contribution in [2.75, 3.05) is 6.61 Å². The Balaban J connectivity index is 1.96. The number of rotatable bonds is 8. The number of aryl methyl sites for hydroxylation is 1. The number of carbonyl (C=O) groups excluding carboxylic acids is 1. The van der Waals surface area contributed by atoms with Gasteiger partial charge in [-0.2, -0.15) is 0 Å². The van der Waals surface area contributed by atoms with Gasteiger partial charge in [0.15, 0.2) is 6.61 Å². The van der Waals surface area contributed by atoms with Crippen LogP contribution in [0.1, 0.15) is 37.9 Å². The van der Waals surface area contributed by atoms with Gasteiger partial charge in [0.25, 0.3) is 5.91 Å². The third kappa shape index (κ3) is 6.32. The summed E-state index contributed by atoms with van der Waals surface area (Å²) in [5.74, 6) is 0.211. The molecule has 2 N–H and O–H groups in total. The molecule has 1 atom stereocenters. The Morgan fingerprint density at radius 2 is 1.75 bits per heavy atom. The van der Waals surface area contributed by atoms with Crippen LogP contribution in [-0.4, -0.2) is 27.0 Å². The molecule has 0 spiro atoms. The molecule has 2 aromatic rings. The Kier molecular flexibility index (Phi) is 7.63. The maximum Gasteiger partial charge on any atom is 0.258 e. The number of benzene rings is 2. The molecule has 0 aliphatic heterocycles. The van der Waals surface area contributed by atoms with Gasteiger partial charge >= 0.3 is 0 Å². The molecule has 0 saturated carbocycles. The van der Waals surface area contributed by atoms with Gasteiger partial charge in [-0.1, -0.05) is 28.1 Å². The van der Waals surface area contributed by atoms with Crippen LogP contribution >= 0.6 is 15.9 Å². The van der Waals surface area contributed by atoms with E-state index in [1.54, 1.807) is 26.8 Å². The fourth-order valence-electron chi connectivity index (χ4n) is 2.59. The third-order valence-electron chi connectivity index (χ3n) is 3.95. The highest BCUT2D eigenvalue weighted by Gasteiger charge is 2.17. The summed E-state index contributed by atoms with van der Waals surface area (Å²) >= 11 is 3.38. The Hall–Kier alpha value is -1.90. The first-order chi connectivity index (χ1) is 13.1. The highest BCUT2D eigenvalue weighted by Crippen LogP contribution is 2.22. The minimum absolute atomic E-state index is 0.153. The number of amides is 1. The number of sulfonamides is 1. The van der Waals surface area contributed by atoms with Gasteiger partial charge < -0.3 is 10.1 Å². The van der Waals surface area contributed by atoms with Gasteiger partial charge in [-0.05, 0) is 69.2 Å². The van der Waals surface area contributed by atoms with Crippen LogP contribution in [0.3, 0.4) is 0 Å². The summed E-state index contributed by atoms with van der Waals surface area (Å²) in [5, 5.41) is 2.88. The van der Waals surface area contributed by atoms with Gasteiger partial charge in [-0.3, -0.25) is 4.79 Å². The number of carbonyl (C=O) groups is 1. The molecule has 0 bridgehead atoms. The van der Waals surface area contributed by atoms with E-state index < -0.39 is 10.0 Å². The predicted octanol–water partition coefficient (Wildman–Crippen LogP) is 3.70. The average molecular weight is 469 g/mol. The maximum atomic E-state index is 12.2. The largest absolute Gasteiger partial charge is 0.484 e. The molecule has 152 valence electrons. The van der Waals surface area contributed by atoms with Gasteiger partial charge in [-0.25, -0.2) is 13.1 Å². The van der Waals surface area contributed by atoms with E-state index in [2.05, 4.69) is 26.0 Å². The normalized spacial score (nSPS) is 12.6. The van der Waals surface area contributed by atoms with Crippen molar-refractivity contribution >= 4 is 31.9 Å². The van der Waals surface area contributed by atoms with E-state index in [1.807, 2.05) is 31.2 Å². The standard InChI is InChI=1S/C20H25BrN2O4S/c1-13(2)23-28(25,26)18-9-10-19(14(3)11-18)27-12-20(24)22-15(4)16-5-7-17(21)8-6-16/h5-11,13,15,23H,12H2,1-4H3,(H,22,24). The van der Waals surface area contributed by atoms with Gasteiger partial charge in [0.1, 0.15) is 5.75 Å². The lowest BCUT2D eigenvalue weighted by molar-refractivity contribution is -0.123. The van der Waals surface area contributed by atoms with Crippen molar-refractivity contribution in [3.8, 4) is 5.75 Å². The van der Waals surface area contributed by atoms with Crippen LogP contribution in [0.4, 0.5) is 0 Å². The number of hydrogen-bond acceptors (Lipinski definition) is 4. The molecule has 0 radical (unpaired) electrons. The average Bonchev–Trinajstić information content (AvgIpc) is 2.60. The van der Waals surface area contributed by atoms with Crippen LogP contribution in [0.25, 0.3) is 0 Å². The molecule has 1 unspecified atom stereocenters. The quantitative estimate of drug-likeness (QED) is 0.618. The Labute approximate surface area is 174 Å². The lowest BCUT2D eigenvalue weighted by Crippen LogP contribution is -2.31. The molecule has 8 heteroatoms. The molecule has 2 rings (SSSR count). The fourth-order valence-corrected chi connectivity index (χ4v) is 4.19. The van der Waals surface area contributed by atoms with Crippen LogP contribution < -0.4 is 14.8 Å². The first-order valence-corrected chi connectivity index (χ1v) is 11.2. The van der Waals surface area contributed by atoms with E-state index in [4.69, 9.17) is 4.74 Å². The van der Waals surface area contributed by atoms with E-state index >= 15 is 0 Å². The number of ether oxygens (including phenoxy) is 1. The van der Waals surface area contributed by atoms with Gasteiger partial charge in [0.2, 0.25) is 10.0 Å². The minimum Gasteiger partial charge on any atom is -0.484 e. The highest BCUT2D eigenvalue weighted by atomic mass is 79.9. The van der Waals surface area contributed by atoms with Crippen molar-refractivity contribution in [2.24, 2.45) is 0 Å². The highest BCUT2D eigenvalue weighted by molar-refractivity contribution is 9.10. The number of nitrogens with one attached hydrogen (secondary N) is 2. The van der Waals surface area contributed by atoms with Gasteiger partial charge in [0.05, 0.1) is 10.9 Å². The van der Waals surface area contributed by atoms with Crippen molar-refractivity contribution < 1.29 is 17.9 Å². The van der Waals surface area contributed by atoms with Crippen LogP contribution in [0, 0.1) is 6.92 Å². The molecule has 2 aromatic carbocycles. The first kappa shape index (κ1) is 22.4. The molecular formula is C20H25BrN2O4S. The SMILES string of the molecule is Cc1cc(S(=O)(=O)NC(C)C)ccc1OCC(=O)NC(C)c1ccc(Br)cc1. The van der Waals surface area contributed by atoms with Crippen LogP contribution in [0.15, 0.2) is 51.8 Å². The fraction of sp³-hybridized carbons (Fsp3) is 0.350. The van der Waals surface area contributed by atoms with Crippen LogP contribution in [0.5, 0.6) is 5.75 Å². The Morgan fingerprint density at radius 3 is 2.32 bits per heavy atom. The van der Waals surface area contributed by atoms with Crippen molar-refractivity contribution in [1.29, 1.82) is 0 Å². The van der Waals surface area contributed by atoms with Crippen molar-refractivity contribution in [1.82, 2.24) is 10.0 Å². The first-order valence-electron chi connectivity index (χ1n) is 8.89. The lowest BCUT2D eigenvalue weighted by Gasteiger charge is -2.16. The van der Waals surface area contributed by atoms with E-state index in [0.717, 1.165) is 10.0 Å². The number of hydrogen-bond donors (Lipinski definition) is 2. The Bertz CT molecular complexity index is 928. The summed E-state index contributed by atoms with van der Waals surface area (Å²) in [5.41, 5.74) is 1.63. The summed E-state index contributed by atoms with van der Waals surface area (Å²) in [6, 6.07) is 11.9. The lowest BCUT2D eigenvalue weighted by atomic mass is 10.1. The molecule has 0 aliphatic rings. The number of halogens is 1. The minimum atomic E-state index is -3.57. The molecule has 1 amide bonds. The summed E-state index contributed by atoms with van der Waals surface area (Å²) in [7, 11) is -3.57. The van der Waals surface area contributed by atoms with Crippen molar-refractivity contribution in [2.45, 2.75) is 44.7 Å². The Morgan fingerprint density at radius 1 is 1.11 bits per heavy atom. The second-order valence-corrected chi connectivity index (χ2v) is 9.46. The zero-order valence-corrected chi connectivity index (χ0v) is 18.7. The molecule has 6 nitrogen and oxygen atoms in total. The van der Waals surface area contributed by atoms with Gasteiger partial charge in [-0.15, -0.1) is 0 Å². The molecule has 28 heavy (non-hydrogen) atoms.